The number of nitrogens with one attached hydrogen (secondary N) is 1. The van der Waals surface area contributed by atoms with Crippen LogP contribution in [0.15, 0.2) is 40.9 Å². The summed E-state index contributed by atoms with van der Waals surface area (Å²) < 4.78 is 18.0. The van der Waals surface area contributed by atoms with Crippen LogP contribution in [0.2, 0.25) is 0 Å². The third kappa shape index (κ3) is 4.75. The molecular formula is C21H24BrNO4. The molecule has 1 heterocycles. The van der Waals surface area contributed by atoms with Gasteiger partial charge in [0.15, 0.2) is 6.61 Å². The summed E-state index contributed by atoms with van der Waals surface area (Å²) >= 11 is 3.46. The first-order valence-electron chi connectivity index (χ1n) is 8.83. The largest absolute Gasteiger partial charge is 0.497 e. The summed E-state index contributed by atoms with van der Waals surface area (Å²) in [5.74, 6) is 1.99. The summed E-state index contributed by atoms with van der Waals surface area (Å²) in [5, 5.41) is 3.07. The van der Waals surface area contributed by atoms with Crippen molar-refractivity contribution in [3.05, 3.63) is 52.0 Å². The summed E-state index contributed by atoms with van der Waals surface area (Å²) in [6.07, 6.45) is 0.663. The van der Waals surface area contributed by atoms with Crippen LogP contribution >= 0.6 is 15.9 Å². The van der Waals surface area contributed by atoms with Gasteiger partial charge in [-0.3, -0.25) is 4.79 Å². The lowest BCUT2D eigenvalue weighted by Crippen LogP contribution is -2.42. The van der Waals surface area contributed by atoms with Crippen LogP contribution < -0.4 is 19.5 Å². The molecule has 0 bridgehead atoms. The van der Waals surface area contributed by atoms with E-state index in [9.17, 15) is 4.79 Å². The Kier molecular flexibility index (Phi) is 5.65. The summed E-state index contributed by atoms with van der Waals surface area (Å²) in [7, 11) is 1.62. The first kappa shape index (κ1) is 19.5. The zero-order chi connectivity index (χ0) is 19.6. The Morgan fingerprint density at radius 1 is 1.26 bits per heavy atom. The Morgan fingerprint density at radius 2 is 2.00 bits per heavy atom. The Balaban J connectivity index is 1.70. The van der Waals surface area contributed by atoms with Crippen molar-refractivity contribution in [2.45, 2.75) is 38.8 Å². The molecule has 2 aromatic carbocycles. The molecule has 1 unspecified atom stereocenters. The Hall–Kier alpha value is -2.21. The minimum Gasteiger partial charge on any atom is -0.497 e. The molecule has 144 valence electrons. The number of carbonyl (C=O) groups excluding carboxylic acids is 1. The molecule has 1 amide bonds. The van der Waals surface area contributed by atoms with Crippen molar-refractivity contribution in [3.8, 4) is 17.2 Å². The third-order valence-electron chi connectivity index (χ3n) is 4.51. The second kappa shape index (κ2) is 7.80. The Labute approximate surface area is 168 Å². The zero-order valence-corrected chi connectivity index (χ0v) is 17.6. The van der Waals surface area contributed by atoms with Crippen LogP contribution in [-0.2, 0) is 4.79 Å². The van der Waals surface area contributed by atoms with Crippen LogP contribution in [0.1, 0.15) is 37.4 Å². The highest BCUT2D eigenvalue weighted by Crippen LogP contribution is 2.41. The number of rotatable bonds is 5. The van der Waals surface area contributed by atoms with Crippen LogP contribution in [-0.4, -0.2) is 25.2 Å². The first-order chi connectivity index (χ1) is 12.8. The highest BCUT2D eigenvalue weighted by molar-refractivity contribution is 9.10. The van der Waals surface area contributed by atoms with Crippen LogP contribution in [0.25, 0.3) is 0 Å². The second-order valence-electron chi connectivity index (χ2n) is 7.29. The molecule has 0 fully saturated rings. The van der Waals surface area contributed by atoms with Gasteiger partial charge < -0.3 is 19.5 Å². The molecule has 0 radical (unpaired) electrons. The standard InChI is InChI=1S/C21H24BrNO4/c1-13-9-15(5-7-17(13)22)26-12-20(24)23-18-11-21(2,3)27-19-8-6-14(25-4)10-16(18)19/h5-10,18H,11-12H2,1-4H3,(H,23,24). The predicted molar refractivity (Wildman–Crippen MR) is 108 cm³/mol. The number of hydrogen-bond acceptors (Lipinski definition) is 4. The van der Waals surface area contributed by atoms with Crippen molar-refractivity contribution in [1.29, 1.82) is 0 Å². The maximum atomic E-state index is 12.5. The Bertz CT molecular complexity index is 850. The van der Waals surface area contributed by atoms with Gasteiger partial charge in [-0.2, -0.15) is 0 Å². The number of fused-ring (bicyclic) bond motifs is 1. The third-order valence-corrected chi connectivity index (χ3v) is 5.40. The normalized spacial score (nSPS) is 17.4. The molecule has 1 aliphatic heterocycles. The molecule has 6 heteroatoms. The van der Waals surface area contributed by atoms with Crippen molar-refractivity contribution >= 4 is 21.8 Å². The minimum atomic E-state index is -0.372. The predicted octanol–water partition coefficient (Wildman–Crippen LogP) is 4.56. The zero-order valence-electron chi connectivity index (χ0n) is 16.0. The number of aryl methyl sites for hydroxylation is 1. The molecule has 0 spiro atoms. The fourth-order valence-corrected chi connectivity index (χ4v) is 3.43. The average Bonchev–Trinajstić information content (AvgIpc) is 2.61. The highest BCUT2D eigenvalue weighted by atomic mass is 79.9. The van der Waals surface area contributed by atoms with Crippen LogP contribution in [0.5, 0.6) is 17.2 Å². The maximum Gasteiger partial charge on any atom is 0.258 e. The highest BCUT2D eigenvalue weighted by Gasteiger charge is 2.34. The molecule has 5 nitrogen and oxygen atoms in total. The van der Waals surface area contributed by atoms with E-state index < -0.39 is 0 Å². The number of ether oxygens (including phenoxy) is 3. The quantitative estimate of drug-likeness (QED) is 0.750. The first-order valence-corrected chi connectivity index (χ1v) is 9.62. The topological polar surface area (TPSA) is 56.8 Å². The van der Waals surface area contributed by atoms with Crippen LogP contribution in [0.3, 0.4) is 0 Å². The van der Waals surface area contributed by atoms with Crippen LogP contribution in [0.4, 0.5) is 0 Å². The van der Waals surface area contributed by atoms with Crippen LogP contribution in [0, 0.1) is 6.92 Å². The lowest BCUT2D eigenvalue weighted by molar-refractivity contribution is -0.124. The molecule has 0 aliphatic carbocycles. The summed E-state index contributed by atoms with van der Waals surface area (Å²) in [6, 6.07) is 11.1. The monoisotopic (exact) mass is 433 g/mol. The smallest absolute Gasteiger partial charge is 0.258 e. The van der Waals surface area contributed by atoms with E-state index in [1.165, 1.54) is 0 Å². The lowest BCUT2D eigenvalue weighted by atomic mass is 9.89. The number of methoxy groups -OCH3 is 1. The van der Waals surface area contributed by atoms with Gasteiger partial charge in [0.05, 0.1) is 13.2 Å². The average molecular weight is 434 g/mol. The molecule has 0 saturated heterocycles. The van der Waals surface area contributed by atoms with Gasteiger partial charge in [-0.25, -0.2) is 0 Å². The van der Waals surface area contributed by atoms with Gasteiger partial charge in [0.25, 0.3) is 5.91 Å². The van der Waals surface area contributed by atoms with Gasteiger partial charge in [-0.15, -0.1) is 0 Å². The van der Waals surface area contributed by atoms with Crippen molar-refractivity contribution in [2.75, 3.05) is 13.7 Å². The van der Waals surface area contributed by atoms with Crippen molar-refractivity contribution in [1.82, 2.24) is 5.32 Å². The van der Waals surface area contributed by atoms with Gasteiger partial charge >= 0.3 is 0 Å². The van der Waals surface area contributed by atoms with E-state index in [2.05, 4.69) is 21.2 Å². The number of amides is 1. The van der Waals surface area contributed by atoms with Crippen molar-refractivity contribution in [3.63, 3.8) is 0 Å². The number of benzene rings is 2. The molecular weight excluding hydrogens is 410 g/mol. The molecule has 3 rings (SSSR count). The van der Waals surface area contributed by atoms with E-state index in [1.54, 1.807) is 7.11 Å². The van der Waals surface area contributed by atoms with Gasteiger partial charge in [0, 0.05) is 16.5 Å². The van der Waals surface area contributed by atoms with Crippen molar-refractivity contribution in [2.24, 2.45) is 0 Å². The number of carbonyl (C=O) groups is 1. The van der Waals surface area contributed by atoms with E-state index in [0.29, 0.717) is 12.2 Å². The SMILES string of the molecule is COc1ccc2c(c1)C(NC(=O)COc1ccc(Br)c(C)c1)CC(C)(C)O2. The molecule has 27 heavy (non-hydrogen) atoms. The van der Waals surface area contributed by atoms with Gasteiger partial charge in [-0.1, -0.05) is 15.9 Å². The van der Waals surface area contributed by atoms with Gasteiger partial charge in [-0.05, 0) is 62.7 Å². The van der Waals surface area contributed by atoms with Gasteiger partial charge in [0.1, 0.15) is 22.8 Å². The molecule has 2 aromatic rings. The second-order valence-corrected chi connectivity index (χ2v) is 8.14. The number of halogens is 1. The minimum absolute atomic E-state index is 0.0435. The molecule has 0 saturated carbocycles. The molecule has 1 aliphatic rings. The molecule has 1 N–H and O–H groups in total. The van der Waals surface area contributed by atoms with E-state index in [1.807, 2.05) is 57.2 Å². The molecule has 1 atom stereocenters. The fourth-order valence-electron chi connectivity index (χ4n) is 3.18. The Morgan fingerprint density at radius 3 is 2.70 bits per heavy atom. The van der Waals surface area contributed by atoms with Gasteiger partial charge in [0.2, 0.25) is 0 Å². The maximum absolute atomic E-state index is 12.5. The molecule has 0 aromatic heterocycles. The van der Waals surface area contributed by atoms with E-state index in [0.717, 1.165) is 27.1 Å². The van der Waals surface area contributed by atoms with E-state index in [4.69, 9.17) is 14.2 Å². The van der Waals surface area contributed by atoms with E-state index >= 15 is 0 Å². The van der Waals surface area contributed by atoms with E-state index in [-0.39, 0.29) is 24.2 Å². The summed E-state index contributed by atoms with van der Waals surface area (Å²) in [6.45, 7) is 5.96. The van der Waals surface area contributed by atoms with Crippen molar-refractivity contribution < 1.29 is 19.0 Å². The lowest BCUT2D eigenvalue weighted by Gasteiger charge is -2.38. The summed E-state index contributed by atoms with van der Waals surface area (Å²) in [4.78, 5) is 12.5. The fraction of sp³-hybridized carbons (Fsp3) is 0.381. The number of hydrogen-bond donors (Lipinski definition) is 1. The summed E-state index contributed by atoms with van der Waals surface area (Å²) in [5.41, 5.74) is 1.60.